The number of hydrogen-bond donors (Lipinski definition) is 0. The van der Waals surface area contributed by atoms with Crippen LogP contribution in [0.5, 0.6) is 0 Å². The number of rotatable bonds is 3. The minimum atomic E-state index is -3.20. The van der Waals surface area contributed by atoms with Gasteiger partial charge in [-0.25, -0.2) is 8.42 Å². The molecule has 1 aromatic rings. The van der Waals surface area contributed by atoms with Crippen LogP contribution in [0.4, 0.5) is 11.6 Å². The Morgan fingerprint density at radius 1 is 1.32 bits per heavy atom. The maximum atomic E-state index is 11.4. The summed E-state index contributed by atoms with van der Waals surface area (Å²) in [6.45, 7) is 1.46. The van der Waals surface area contributed by atoms with Gasteiger partial charge in [0.25, 0.3) is 0 Å². The highest BCUT2D eigenvalue weighted by atomic mass is 32.2. The highest BCUT2D eigenvalue weighted by Crippen LogP contribution is 2.26. The molecule has 1 aliphatic rings. The molecule has 0 bridgehead atoms. The first kappa shape index (κ1) is 13.7. The normalized spacial score (nSPS) is 17.7. The van der Waals surface area contributed by atoms with Crippen molar-refractivity contribution < 1.29 is 13.3 Å². The molecule has 9 nitrogen and oxygen atoms in total. The van der Waals surface area contributed by atoms with Crippen LogP contribution in [-0.2, 0) is 17.1 Å². The number of imidazole rings is 1. The quantitative estimate of drug-likeness (QED) is 0.544. The van der Waals surface area contributed by atoms with Crippen molar-refractivity contribution in [3.8, 4) is 0 Å². The van der Waals surface area contributed by atoms with Crippen LogP contribution in [0.3, 0.4) is 0 Å². The summed E-state index contributed by atoms with van der Waals surface area (Å²) >= 11 is 0. The van der Waals surface area contributed by atoms with Gasteiger partial charge in [-0.1, -0.05) is 0 Å². The third kappa shape index (κ3) is 2.68. The van der Waals surface area contributed by atoms with Gasteiger partial charge in [0.1, 0.15) is 0 Å². The molecule has 2 heterocycles. The Balaban J connectivity index is 2.19. The third-order valence-electron chi connectivity index (χ3n) is 3.07. The van der Waals surface area contributed by atoms with E-state index >= 15 is 0 Å². The maximum Gasteiger partial charge on any atom is 0.406 e. The SMILES string of the molecule is Cn1cnc([N+](=O)[O-])c1N1CCN(S(C)(=O)=O)CC1. The van der Waals surface area contributed by atoms with Crippen molar-refractivity contribution in [3.63, 3.8) is 0 Å². The Kier molecular flexibility index (Phi) is 3.45. The van der Waals surface area contributed by atoms with Gasteiger partial charge in [0.2, 0.25) is 22.2 Å². The molecule has 0 aromatic carbocycles. The van der Waals surface area contributed by atoms with Crippen LogP contribution in [0.25, 0.3) is 0 Å². The van der Waals surface area contributed by atoms with E-state index in [1.807, 2.05) is 0 Å². The number of nitrogens with zero attached hydrogens (tertiary/aromatic N) is 5. The van der Waals surface area contributed by atoms with E-state index in [9.17, 15) is 18.5 Å². The van der Waals surface area contributed by atoms with Crippen LogP contribution >= 0.6 is 0 Å². The minimum absolute atomic E-state index is 0.199. The standard InChI is InChI=1S/C9H15N5O4S/c1-11-7-10-8(14(15)16)9(11)12-3-5-13(6-4-12)19(2,17)18/h7H,3-6H2,1-2H3. The molecule has 1 aromatic heterocycles. The summed E-state index contributed by atoms with van der Waals surface area (Å²) in [6.07, 6.45) is 2.55. The van der Waals surface area contributed by atoms with Crippen molar-refractivity contribution in [2.75, 3.05) is 37.3 Å². The predicted octanol–water partition coefficient (Wildman–Crippen LogP) is -0.590. The van der Waals surface area contributed by atoms with Gasteiger partial charge in [0.15, 0.2) is 0 Å². The second-order valence-corrected chi connectivity index (χ2v) is 6.39. The van der Waals surface area contributed by atoms with Gasteiger partial charge in [-0.05, 0) is 9.91 Å². The summed E-state index contributed by atoms with van der Waals surface area (Å²) in [6, 6.07) is 0. The Morgan fingerprint density at radius 2 is 1.89 bits per heavy atom. The number of nitro groups is 1. The molecule has 106 valence electrons. The first-order valence-electron chi connectivity index (χ1n) is 5.66. The molecule has 1 aliphatic heterocycles. The number of anilines is 1. The first-order chi connectivity index (χ1) is 8.80. The van der Waals surface area contributed by atoms with Crippen molar-refractivity contribution in [2.45, 2.75) is 0 Å². The average Bonchev–Trinajstić information content (AvgIpc) is 2.70. The Bertz CT molecular complexity index is 588. The van der Waals surface area contributed by atoms with Crippen molar-refractivity contribution in [1.82, 2.24) is 13.9 Å². The van der Waals surface area contributed by atoms with Crippen LogP contribution in [0.2, 0.25) is 0 Å². The summed E-state index contributed by atoms with van der Waals surface area (Å²) in [5.74, 6) is 0.216. The number of aryl methyl sites for hydroxylation is 1. The zero-order chi connectivity index (χ0) is 14.2. The Hall–Kier alpha value is -1.68. The number of sulfonamides is 1. The van der Waals surface area contributed by atoms with Crippen LogP contribution in [0.15, 0.2) is 6.33 Å². The van der Waals surface area contributed by atoms with Crippen LogP contribution < -0.4 is 4.90 Å². The summed E-state index contributed by atoms with van der Waals surface area (Å²) in [5.41, 5.74) is 0. The molecule has 19 heavy (non-hydrogen) atoms. The molecular weight excluding hydrogens is 274 g/mol. The van der Waals surface area contributed by atoms with E-state index in [0.29, 0.717) is 32.0 Å². The van der Waals surface area contributed by atoms with E-state index in [0.717, 1.165) is 6.26 Å². The molecule has 1 saturated heterocycles. The van der Waals surface area contributed by atoms with E-state index in [2.05, 4.69) is 4.98 Å². The van der Waals surface area contributed by atoms with Crippen molar-refractivity contribution >= 4 is 21.7 Å². The van der Waals surface area contributed by atoms with Crippen LogP contribution in [-0.4, -0.2) is 59.6 Å². The van der Waals surface area contributed by atoms with Crippen molar-refractivity contribution in [2.24, 2.45) is 7.05 Å². The molecule has 0 unspecified atom stereocenters. The molecular formula is C9H15N5O4S. The van der Waals surface area contributed by atoms with Gasteiger partial charge < -0.3 is 15.0 Å². The fourth-order valence-corrected chi connectivity index (χ4v) is 2.96. The largest absolute Gasteiger partial charge is 0.406 e. The third-order valence-corrected chi connectivity index (χ3v) is 4.37. The van der Waals surface area contributed by atoms with E-state index < -0.39 is 14.9 Å². The maximum absolute atomic E-state index is 11.4. The molecule has 0 spiro atoms. The lowest BCUT2D eigenvalue weighted by Crippen LogP contribution is -2.48. The zero-order valence-electron chi connectivity index (χ0n) is 10.7. The topological polar surface area (TPSA) is 102 Å². The van der Waals surface area contributed by atoms with Gasteiger partial charge in [-0.15, -0.1) is 0 Å². The molecule has 2 rings (SSSR count). The Labute approximate surface area is 110 Å². The van der Waals surface area contributed by atoms with Crippen molar-refractivity contribution in [1.29, 1.82) is 0 Å². The molecule has 0 atom stereocenters. The number of hydrogen-bond acceptors (Lipinski definition) is 6. The van der Waals surface area contributed by atoms with Gasteiger partial charge in [0.05, 0.1) is 6.26 Å². The molecule has 10 heteroatoms. The Morgan fingerprint density at radius 3 is 2.37 bits per heavy atom. The smallest absolute Gasteiger partial charge is 0.358 e. The minimum Gasteiger partial charge on any atom is -0.358 e. The summed E-state index contributed by atoms with van der Waals surface area (Å²) < 4.78 is 25.8. The molecule has 0 amide bonds. The first-order valence-corrected chi connectivity index (χ1v) is 7.51. The van der Waals surface area contributed by atoms with E-state index in [-0.39, 0.29) is 5.82 Å². The zero-order valence-corrected chi connectivity index (χ0v) is 11.5. The number of piperazine rings is 1. The average molecular weight is 289 g/mol. The lowest BCUT2D eigenvalue weighted by molar-refractivity contribution is -0.388. The van der Waals surface area contributed by atoms with E-state index in [1.165, 1.54) is 10.6 Å². The van der Waals surface area contributed by atoms with Crippen molar-refractivity contribution in [3.05, 3.63) is 16.4 Å². The molecule has 1 fully saturated rings. The van der Waals surface area contributed by atoms with Gasteiger partial charge in [-0.2, -0.15) is 4.31 Å². The summed E-state index contributed by atoms with van der Waals surface area (Å²) in [7, 11) is -1.53. The van der Waals surface area contributed by atoms with Gasteiger partial charge >= 0.3 is 5.82 Å². The molecule has 0 saturated carbocycles. The van der Waals surface area contributed by atoms with E-state index in [4.69, 9.17) is 0 Å². The fourth-order valence-electron chi connectivity index (χ4n) is 2.14. The molecule has 0 N–H and O–H groups in total. The number of aromatic nitrogens is 2. The highest BCUT2D eigenvalue weighted by Gasteiger charge is 2.30. The highest BCUT2D eigenvalue weighted by molar-refractivity contribution is 7.88. The molecule has 0 radical (unpaired) electrons. The molecule has 0 aliphatic carbocycles. The van der Waals surface area contributed by atoms with Gasteiger partial charge in [0, 0.05) is 33.2 Å². The second-order valence-electron chi connectivity index (χ2n) is 4.41. The summed E-state index contributed by atoms with van der Waals surface area (Å²) in [5, 5.41) is 10.9. The van der Waals surface area contributed by atoms with E-state index in [1.54, 1.807) is 16.5 Å². The van der Waals surface area contributed by atoms with Crippen LogP contribution in [0.1, 0.15) is 0 Å². The van der Waals surface area contributed by atoms with Crippen LogP contribution in [0, 0.1) is 10.1 Å². The predicted molar refractivity (Wildman–Crippen MR) is 68.5 cm³/mol. The fraction of sp³-hybridized carbons (Fsp3) is 0.667. The van der Waals surface area contributed by atoms with Gasteiger partial charge in [-0.3, -0.25) is 4.57 Å². The monoisotopic (exact) mass is 289 g/mol. The lowest BCUT2D eigenvalue weighted by Gasteiger charge is -2.33. The summed E-state index contributed by atoms with van der Waals surface area (Å²) in [4.78, 5) is 15.9. The lowest BCUT2D eigenvalue weighted by atomic mass is 10.3. The second kappa shape index (κ2) is 4.78.